The maximum Gasteiger partial charge on any atom is 0.294 e. The Balaban J connectivity index is 1.28. The molecule has 1 heterocycles. The molecule has 0 aliphatic heterocycles. The van der Waals surface area contributed by atoms with Gasteiger partial charge in [-0.25, -0.2) is 4.98 Å². The summed E-state index contributed by atoms with van der Waals surface area (Å²) >= 11 is 0. The first kappa shape index (κ1) is 22.8. The number of amides is 1. The maximum absolute atomic E-state index is 12.2. The number of aliphatic hydroxyl groups is 1. The van der Waals surface area contributed by atoms with Gasteiger partial charge in [0.1, 0.15) is 30.1 Å². The van der Waals surface area contributed by atoms with Crippen LogP contribution in [-0.2, 0) is 16.7 Å². The van der Waals surface area contributed by atoms with E-state index < -0.39 is 17.3 Å². The molecule has 0 radical (unpaired) electrons. The minimum atomic E-state index is -0.768. The van der Waals surface area contributed by atoms with Gasteiger partial charge >= 0.3 is 0 Å². The first-order valence-corrected chi connectivity index (χ1v) is 10.4. The summed E-state index contributed by atoms with van der Waals surface area (Å²) in [6, 6.07) is 5.61. The van der Waals surface area contributed by atoms with Crippen LogP contribution in [-0.4, -0.2) is 64.1 Å². The Kier molecular flexibility index (Phi) is 8.01. The van der Waals surface area contributed by atoms with Crippen LogP contribution in [0.15, 0.2) is 24.5 Å². The molecule has 1 amide bonds. The minimum absolute atomic E-state index is 0.0468. The SMILES string of the molecule is Cn1cnc2cccc(OCC(O)CNCCNC(=O)C3CCC(O[N+](=O)[O-])CC3)c21. The summed E-state index contributed by atoms with van der Waals surface area (Å²) in [5, 5.41) is 25.7. The maximum atomic E-state index is 12.2. The predicted octanol–water partition coefficient (Wildman–Crippen LogP) is 0.786. The van der Waals surface area contributed by atoms with Crippen LogP contribution < -0.4 is 15.4 Å². The quantitative estimate of drug-likeness (QED) is 0.267. The van der Waals surface area contributed by atoms with Crippen molar-refractivity contribution in [2.24, 2.45) is 13.0 Å². The molecule has 0 bridgehead atoms. The Morgan fingerprint density at radius 2 is 2.13 bits per heavy atom. The number of aryl methyl sites for hydroxylation is 1. The first-order valence-electron chi connectivity index (χ1n) is 10.4. The van der Waals surface area contributed by atoms with Crippen molar-refractivity contribution in [1.29, 1.82) is 0 Å². The van der Waals surface area contributed by atoms with E-state index in [-0.39, 0.29) is 18.4 Å². The Morgan fingerprint density at radius 1 is 1.35 bits per heavy atom. The van der Waals surface area contributed by atoms with Gasteiger partial charge in [-0.15, -0.1) is 10.1 Å². The molecule has 1 fully saturated rings. The molecule has 0 saturated heterocycles. The van der Waals surface area contributed by atoms with Crippen molar-refractivity contribution in [2.75, 3.05) is 26.2 Å². The van der Waals surface area contributed by atoms with E-state index in [2.05, 4.69) is 20.5 Å². The zero-order valence-electron chi connectivity index (χ0n) is 17.5. The van der Waals surface area contributed by atoms with E-state index >= 15 is 0 Å². The fourth-order valence-electron chi connectivity index (χ4n) is 3.78. The second-order valence-corrected chi connectivity index (χ2v) is 7.74. The number of imidazole rings is 1. The summed E-state index contributed by atoms with van der Waals surface area (Å²) in [4.78, 5) is 31.4. The molecule has 1 atom stereocenters. The minimum Gasteiger partial charge on any atom is -0.489 e. The van der Waals surface area contributed by atoms with Crippen LogP contribution in [0.25, 0.3) is 11.0 Å². The third kappa shape index (κ3) is 6.53. The van der Waals surface area contributed by atoms with Gasteiger partial charge in [-0.2, -0.15) is 0 Å². The lowest BCUT2D eigenvalue weighted by molar-refractivity contribution is -0.769. The van der Waals surface area contributed by atoms with E-state index in [0.29, 0.717) is 51.1 Å². The van der Waals surface area contributed by atoms with Gasteiger partial charge < -0.3 is 29.9 Å². The molecule has 1 aromatic heterocycles. The molecule has 1 saturated carbocycles. The van der Waals surface area contributed by atoms with Gasteiger partial charge in [-0.1, -0.05) is 6.07 Å². The molecule has 11 heteroatoms. The molecule has 1 aliphatic rings. The molecule has 1 aliphatic carbocycles. The summed E-state index contributed by atoms with van der Waals surface area (Å²) in [6.07, 6.45) is 2.79. The topological polar surface area (TPSA) is 141 Å². The van der Waals surface area contributed by atoms with Gasteiger partial charge in [0.25, 0.3) is 5.09 Å². The lowest BCUT2D eigenvalue weighted by Crippen LogP contribution is -2.40. The standard InChI is InChI=1S/C20H29N5O6/c1-24-13-23-17-3-2-4-18(19(17)24)30-12-15(26)11-21-9-10-22-20(27)14-5-7-16(8-6-14)31-25(28)29/h2-4,13-16,21,26H,5-12H2,1H3,(H,22,27). The third-order valence-corrected chi connectivity index (χ3v) is 5.39. The molecule has 2 aromatic rings. The van der Waals surface area contributed by atoms with Crippen LogP contribution in [0.3, 0.4) is 0 Å². The Labute approximate surface area is 179 Å². The lowest BCUT2D eigenvalue weighted by Gasteiger charge is -2.26. The van der Waals surface area contributed by atoms with Crippen molar-refractivity contribution in [2.45, 2.75) is 37.9 Å². The number of rotatable bonds is 11. The first-order chi connectivity index (χ1) is 14.9. The number of hydrogen-bond donors (Lipinski definition) is 3. The van der Waals surface area contributed by atoms with Crippen molar-refractivity contribution < 1.29 is 24.6 Å². The van der Waals surface area contributed by atoms with Crippen LogP contribution in [0.1, 0.15) is 25.7 Å². The number of aliphatic hydroxyl groups excluding tert-OH is 1. The highest BCUT2D eigenvalue weighted by Crippen LogP contribution is 2.26. The molecule has 1 aromatic carbocycles. The van der Waals surface area contributed by atoms with Crippen molar-refractivity contribution in [3.63, 3.8) is 0 Å². The van der Waals surface area contributed by atoms with Crippen molar-refractivity contribution in [1.82, 2.24) is 20.2 Å². The summed E-state index contributed by atoms with van der Waals surface area (Å²) in [5.41, 5.74) is 1.71. The number of aromatic nitrogens is 2. The number of ether oxygens (including phenoxy) is 1. The molecule has 31 heavy (non-hydrogen) atoms. The number of carbonyl (C=O) groups is 1. The lowest BCUT2D eigenvalue weighted by atomic mass is 9.87. The molecule has 170 valence electrons. The van der Waals surface area contributed by atoms with Crippen LogP contribution in [0, 0.1) is 16.0 Å². The summed E-state index contributed by atoms with van der Waals surface area (Å²) in [5.74, 6) is 0.483. The zero-order valence-corrected chi connectivity index (χ0v) is 17.5. The number of carbonyl (C=O) groups excluding carboxylic acids is 1. The van der Waals surface area contributed by atoms with Crippen molar-refractivity contribution >= 4 is 16.9 Å². The molecular weight excluding hydrogens is 406 g/mol. The van der Waals surface area contributed by atoms with E-state index in [1.807, 2.05) is 29.8 Å². The number of nitrogens with zero attached hydrogens (tertiary/aromatic N) is 3. The summed E-state index contributed by atoms with van der Waals surface area (Å²) < 4.78 is 7.63. The molecule has 3 N–H and O–H groups in total. The second kappa shape index (κ2) is 10.9. The van der Waals surface area contributed by atoms with Gasteiger partial charge in [0, 0.05) is 32.6 Å². The highest BCUT2D eigenvalue weighted by molar-refractivity contribution is 5.81. The highest BCUT2D eigenvalue weighted by Gasteiger charge is 2.27. The fourth-order valence-corrected chi connectivity index (χ4v) is 3.78. The third-order valence-electron chi connectivity index (χ3n) is 5.39. The molecular formula is C20H29N5O6. The fraction of sp³-hybridized carbons (Fsp3) is 0.600. The molecule has 3 rings (SSSR count). The van der Waals surface area contributed by atoms with E-state index in [0.717, 1.165) is 11.0 Å². The predicted molar refractivity (Wildman–Crippen MR) is 112 cm³/mol. The monoisotopic (exact) mass is 435 g/mol. The number of nitrogens with one attached hydrogen (secondary N) is 2. The van der Waals surface area contributed by atoms with Gasteiger partial charge in [0.15, 0.2) is 0 Å². The number of hydrogen-bond acceptors (Lipinski definition) is 8. The van der Waals surface area contributed by atoms with Gasteiger partial charge in [-0.3, -0.25) is 4.79 Å². The van der Waals surface area contributed by atoms with Crippen molar-refractivity contribution in [3.05, 3.63) is 34.6 Å². The zero-order chi connectivity index (χ0) is 22.2. The molecule has 11 nitrogen and oxygen atoms in total. The van der Waals surface area contributed by atoms with E-state index in [1.165, 1.54) is 0 Å². The van der Waals surface area contributed by atoms with Gasteiger partial charge in [0.2, 0.25) is 5.91 Å². The van der Waals surface area contributed by atoms with Crippen molar-refractivity contribution in [3.8, 4) is 5.75 Å². The molecule has 1 unspecified atom stereocenters. The Bertz CT molecular complexity index is 880. The van der Waals surface area contributed by atoms with Crippen LogP contribution in [0.4, 0.5) is 0 Å². The van der Waals surface area contributed by atoms with E-state index in [1.54, 1.807) is 6.33 Å². The largest absolute Gasteiger partial charge is 0.489 e. The van der Waals surface area contributed by atoms with E-state index in [4.69, 9.17) is 4.74 Å². The van der Waals surface area contributed by atoms with Gasteiger partial charge in [-0.05, 0) is 37.8 Å². The summed E-state index contributed by atoms with van der Waals surface area (Å²) in [7, 11) is 1.89. The van der Waals surface area contributed by atoms with Crippen LogP contribution >= 0.6 is 0 Å². The number of fused-ring (bicyclic) bond motifs is 1. The number of benzene rings is 1. The van der Waals surface area contributed by atoms with Crippen LogP contribution in [0.5, 0.6) is 5.75 Å². The Morgan fingerprint density at radius 3 is 2.87 bits per heavy atom. The highest BCUT2D eigenvalue weighted by atomic mass is 17.0. The Hall–Kier alpha value is -2.92. The smallest absolute Gasteiger partial charge is 0.294 e. The summed E-state index contributed by atoms with van der Waals surface area (Å²) in [6.45, 7) is 1.42. The average molecular weight is 435 g/mol. The van der Waals surface area contributed by atoms with Gasteiger partial charge in [0.05, 0.1) is 11.8 Å². The number of para-hydroxylation sites is 1. The molecule has 0 spiro atoms. The normalized spacial score (nSPS) is 19.7. The van der Waals surface area contributed by atoms with E-state index in [9.17, 15) is 20.0 Å². The second-order valence-electron chi connectivity index (χ2n) is 7.74. The average Bonchev–Trinajstić information content (AvgIpc) is 3.13. The van der Waals surface area contributed by atoms with Crippen LogP contribution in [0.2, 0.25) is 0 Å².